The van der Waals surface area contributed by atoms with Crippen molar-refractivity contribution in [1.82, 2.24) is 10.1 Å². The predicted molar refractivity (Wildman–Crippen MR) is 109 cm³/mol. The Morgan fingerprint density at radius 2 is 1.90 bits per heavy atom. The third kappa shape index (κ3) is 4.62. The highest BCUT2D eigenvalue weighted by Crippen LogP contribution is 2.36. The summed E-state index contributed by atoms with van der Waals surface area (Å²) in [6, 6.07) is 10.8. The minimum Gasteiger partial charge on any atom is -0.432 e. The molecule has 0 unspecified atom stereocenters. The third-order valence-corrected chi connectivity index (χ3v) is 4.96. The van der Waals surface area contributed by atoms with Gasteiger partial charge in [0.2, 0.25) is 5.82 Å². The second kappa shape index (κ2) is 8.29. The van der Waals surface area contributed by atoms with E-state index in [2.05, 4.69) is 14.9 Å². The van der Waals surface area contributed by atoms with E-state index in [1.807, 2.05) is 4.90 Å². The Balaban J connectivity index is 1.67. The number of benzene rings is 2. The molecule has 1 aliphatic heterocycles. The number of aromatic nitrogens is 2. The van der Waals surface area contributed by atoms with Gasteiger partial charge in [0.25, 0.3) is 11.6 Å². The molecule has 31 heavy (non-hydrogen) atoms. The summed E-state index contributed by atoms with van der Waals surface area (Å²) >= 11 is 0. The molecule has 4 rings (SSSR count). The van der Waals surface area contributed by atoms with Crippen molar-refractivity contribution in [3.05, 3.63) is 52.6 Å². The van der Waals surface area contributed by atoms with Crippen molar-refractivity contribution >= 4 is 11.4 Å². The third-order valence-electron chi connectivity index (χ3n) is 4.96. The van der Waals surface area contributed by atoms with Crippen molar-refractivity contribution in [2.75, 3.05) is 18.0 Å². The van der Waals surface area contributed by atoms with Crippen LogP contribution in [0.4, 0.5) is 20.2 Å². The van der Waals surface area contributed by atoms with Gasteiger partial charge in [-0.15, -0.1) is 0 Å². The molecule has 0 radical (unpaired) electrons. The fraction of sp³-hybridized carbons (Fsp3) is 0.333. The van der Waals surface area contributed by atoms with E-state index in [0.29, 0.717) is 18.2 Å². The molecular formula is C21H20F2N4O4. The lowest BCUT2D eigenvalue weighted by molar-refractivity contribution is -0.384. The van der Waals surface area contributed by atoms with Crippen LogP contribution in [0.2, 0.25) is 0 Å². The van der Waals surface area contributed by atoms with Crippen molar-refractivity contribution in [2.24, 2.45) is 0 Å². The number of anilines is 1. The SMILES string of the molecule is CC(F)(F)Oc1ccccc1-c1noc(-c2ccc(N3CCCCC3)c([N+](=O)[O-])c2)n1. The Morgan fingerprint density at radius 3 is 2.61 bits per heavy atom. The van der Waals surface area contributed by atoms with E-state index in [4.69, 9.17) is 4.52 Å². The minimum atomic E-state index is -3.38. The number of hydrogen-bond acceptors (Lipinski definition) is 7. The number of ether oxygens (including phenoxy) is 1. The van der Waals surface area contributed by atoms with Crippen LogP contribution in [0.15, 0.2) is 47.0 Å². The van der Waals surface area contributed by atoms with Crippen molar-refractivity contribution in [3.63, 3.8) is 0 Å². The average Bonchev–Trinajstić information content (AvgIpc) is 3.23. The molecule has 1 aliphatic rings. The Kier molecular flexibility index (Phi) is 5.53. The average molecular weight is 430 g/mol. The molecule has 0 aliphatic carbocycles. The number of nitrogens with zero attached hydrogens (tertiary/aromatic N) is 4. The fourth-order valence-corrected chi connectivity index (χ4v) is 3.59. The quantitative estimate of drug-likeness (QED) is 0.387. The molecule has 0 N–H and O–H groups in total. The van der Waals surface area contributed by atoms with Crippen LogP contribution in [0.3, 0.4) is 0 Å². The zero-order valence-corrected chi connectivity index (χ0v) is 16.8. The van der Waals surface area contributed by atoms with Gasteiger partial charge >= 0.3 is 6.11 Å². The maximum Gasteiger partial charge on any atom is 0.394 e. The number of hydrogen-bond donors (Lipinski definition) is 0. The van der Waals surface area contributed by atoms with Gasteiger partial charge in [0.1, 0.15) is 11.4 Å². The number of alkyl halides is 2. The molecule has 1 saturated heterocycles. The van der Waals surface area contributed by atoms with Crippen LogP contribution >= 0.6 is 0 Å². The molecule has 3 aromatic rings. The maximum atomic E-state index is 13.3. The van der Waals surface area contributed by atoms with E-state index in [0.717, 1.165) is 32.4 Å². The fourth-order valence-electron chi connectivity index (χ4n) is 3.59. The first-order chi connectivity index (χ1) is 14.8. The van der Waals surface area contributed by atoms with Crippen molar-refractivity contribution in [2.45, 2.75) is 32.3 Å². The Hall–Kier alpha value is -3.56. The molecule has 0 saturated carbocycles. The zero-order valence-electron chi connectivity index (χ0n) is 16.8. The predicted octanol–water partition coefficient (Wildman–Crippen LogP) is 5.29. The lowest BCUT2D eigenvalue weighted by Gasteiger charge is -2.28. The molecule has 1 fully saturated rings. The molecule has 1 aromatic heterocycles. The zero-order chi connectivity index (χ0) is 22.0. The first-order valence-corrected chi connectivity index (χ1v) is 9.85. The molecule has 0 spiro atoms. The lowest BCUT2D eigenvalue weighted by atomic mass is 10.1. The van der Waals surface area contributed by atoms with Crippen molar-refractivity contribution in [3.8, 4) is 28.6 Å². The van der Waals surface area contributed by atoms with Gasteiger partial charge in [-0.1, -0.05) is 17.3 Å². The summed E-state index contributed by atoms with van der Waals surface area (Å²) < 4.78 is 36.6. The summed E-state index contributed by atoms with van der Waals surface area (Å²) in [7, 11) is 0. The second-order valence-electron chi connectivity index (χ2n) is 7.34. The number of rotatable bonds is 6. The first-order valence-electron chi connectivity index (χ1n) is 9.85. The maximum absolute atomic E-state index is 13.3. The Bertz CT molecular complexity index is 1090. The topological polar surface area (TPSA) is 94.5 Å². The summed E-state index contributed by atoms with van der Waals surface area (Å²) in [5, 5.41) is 15.5. The number of piperidine rings is 1. The van der Waals surface area contributed by atoms with Crippen LogP contribution in [-0.2, 0) is 0 Å². The number of para-hydroxylation sites is 1. The summed E-state index contributed by atoms with van der Waals surface area (Å²) in [5.41, 5.74) is 1.09. The molecule has 162 valence electrons. The van der Waals surface area contributed by atoms with E-state index < -0.39 is 11.0 Å². The van der Waals surface area contributed by atoms with Crippen molar-refractivity contribution < 1.29 is 23.0 Å². The molecule has 10 heteroatoms. The smallest absolute Gasteiger partial charge is 0.394 e. The van der Waals surface area contributed by atoms with Gasteiger partial charge in [-0.3, -0.25) is 10.1 Å². The van der Waals surface area contributed by atoms with Gasteiger partial charge in [-0.25, -0.2) is 0 Å². The Morgan fingerprint density at radius 1 is 1.16 bits per heavy atom. The van der Waals surface area contributed by atoms with E-state index in [-0.39, 0.29) is 28.7 Å². The molecule has 2 heterocycles. The summed E-state index contributed by atoms with van der Waals surface area (Å²) in [5.74, 6) is -0.0206. The molecule has 0 bridgehead atoms. The highest BCUT2D eigenvalue weighted by molar-refractivity contribution is 5.72. The summed E-state index contributed by atoms with van der Waals surface area (Å²) in [6.45, 7) is 2.17. The molecule has 0 atom stereocenters. The first kappa shape index (κ1) is 20.7. The minimum absolute atomic E-state index is 0.0395. The summed E-state index contributed by atoms with van der Waals surface area (Å²) in [6.07, 6.45) is -0.287. The standard InChI is InChI=1S/C21H20F2N4O4/c1-21(22,23)30-18-8-4-3-7-15(18)19-24-20(31-25-19)14-9-10-16(17(13-14)27(28)29)26-11-5-2-6-12-26/h3-4,7-10,13H,2,5-6,11-12H2,1H3. The van der Waals surface area contributed by atoms with Gasteiger partial charge in [0.15, 0.2) is 0 Å². The van der Waals surface area contributed by atoms with Gasteiger partial charge in [0, 0.05) is 31.6 Å². The van der Waals surface area contributed by atoms with Crippen LogP contribution < -0.4 is 9.64 Å². The summed E-state index contributed by atoms with van der Waals surface area (Å²) in [4.78, 5) is 17.5. The molecule has 8 nitrogen and oxygen atoms in total. The van der Waals surface area contributed by atoms with Crippen molar-refractivity contribution in [1.29, 1.82) is 0 Å². The molecule has 2 aromatic carbocycles. The molecular weight excluding hydrogens is 410 g/mol. The monoisotopic (exact) mass is 430 g/mol. The van der Waals surface area contributed by atoms with Crippen LogP contribution in [0.5, 0.6) is 5.75 Å². The second-order valence-corrected chi connectivity index (χ2v) is 7.34. The number of nitro benzene ring substituents is 1. The van der Waals surface area contributed by atoms with E-state index in [1.165, 1.54) is 18.2 Å². The van der Waals surface area contributed by atoms with E-state index >= 15 is 0 Å². The van der Waals surface area contributed by atoms with Gasteiger partial charge in [0.05, 0.1) is 10.5 Å². The highest BCUT2D eigenvalue weighted by atomic mass is 19.3. The number of halogens is 2. The largest absolute Gasteiger partial charge is 0.432 e. The molecule has 0 amide bonds. The van der Waals surface area contributed by atoms with Crippen LogP contribution in [-0.4, -0.2) is 34.3 Å². The van der Waals surface area contributed by atoms with E-state index in [9.17, 15) is 18.9 Å². The van der Waals surface area contributed by atoms with Crippen LogP contribution in [0.25, 0.3) is 22.8 Å². The van der Waals surface area contributed by atoms with Crippen LogP contribution in [0.1, 0.15) is 26.2 Å². The van der Waals surface area contributed by atoms with Gasteiger partial charge in [-0.05, 0) is 43.5 Å². The lowest BCUT2D eigenvalue weighted by Crippen LogP contribution is -2.29. The van der Waals surface area contributed by atoms with Gasteiger partial charge < -0.3 is 14.2 Å². The normalized spacial score (nSPS) is 14.5. The van der Waals surface area contributed by atoms with E-state index in [1.54, 1.807) is 24.3 Å². The van der Waals surface area contributed by atoms with Gasteiger partial charge in [-0.2, -0.15) is 13.8 Å². The van der Waals surface area contributed by atoms with Crippen LogP contribution in [0, 0.1) is 10.1 Å². The Labute approximate surface area is 176 Å². The highest BCUT2D eigenvalue weighted by Gasteiger charge is 2.27. The number of nitro groups is 1.